The Hall–Kier alpha value is -2.24. The van der Waals surface area contributed by atoms with Crippen LogP contribution in [0.1, 0.15) is 51.1 Å². The van der Waals surface area contributed by atoms with Crippen LogP contribution in [0.25, 0.3) is 11.1 Å². The van der Waals surface area contributed by atoms with Crippen LogP contribution in [0.5, 0.6) is 0 Å². The van der Waals surface area contributed by atoms with E-state index in [9.17, 15) is 13.6 Å². The smallest absolute Gasteiger partial charge is 0.223 e. The van der Waals surface area contributed by atoms with E-state index in [4.69, 9.17) is 0 Å². The molecule has 0 spiro atoms. The van der Waals surface area contributed by atoms with Crippen LogP contribution in [0, 0.1) is 17.6 Å². The lowest BCUT2D eigenvalue weighted by atomic mass is 9.86. The maximum Gasteiger partial charge on any atom is 0.223 e. The van der Waals surface area contributed by atoms with Crippen molar-refractivity contribution in [3.05, 3.63) is 41.7 Å². The number of amides is 1. The molecule has 144 valence electrons. The van der Waals surface area contributed by atoms with E-state index in [0.717, 1.165) is 24.6 Å². The molecule has 2 heterocycles. The summed E-state index contributed by atoms with van der Waals surface area (Å²) in [5.74, 6) is -0.550. The van der Waals surface area contributed by atoms with Crippen LogP contribution >= 0.6 is 0 Å². The van der Waals surface area contributed by atoms with Crippen LogP contribution in [-0.4, -0.2) is 26.6 Å². The Morgan fingerprint density at radius 3 is 2.70 bits per heavy atom. The van der Waals surface area contributed by atoms with Gasteiger partial charge in [-0.25, -0.2) is 8.78 Å². The van der Waals surface area contributed by atoms with Crippen LogP contribution < -0.4 is 0 Å². The summed E-state index contributed by atoms with van der Waals surface area (Å²) in [5.41, 5.74) is 1.78. The fourth-order valence-electron chi connectivity index (χ4n) is 4.42. The third-order valence-electron chi connectivity index (χ3n) is 5.97. The predicted molar refractivity (Wildman–Crippen MR) is 98.8 cm³/mol. The first kappa shape index (κ1) is 18.1. The van der Waals surface area contributed by atoms with Gasteiger partial charge in [-0.05, 0) is 37.8 Å². The van der Waals surface area contributed by atoms with Crippen LogP contribution in [0.15, 0.2) is 24.4 Å². The van der Waals surface area contributed by atoms with E-state index in [1.165, 1.54) is 31.4 Å². The van der Waals surface area contributed by atoms with Gasteiger partial charge in [0.15, 0.2) is 0 Å². The Labute approximate surface area is 158 Å². The Morgan fingerprint density at radius 2 is 1.96 bits per heavy atom. The van der Waals surface area contributed by atoms with Crippen molar-refractivity contribution in [1.29, 1.82) is 0 Å². The summed E-state index contributed by atoms with van der Waals surface area (Å²) in [6.45, 7) is 3.04. The minimum absolute atomic E-state index is 0.0550. The predicted octanol–water partition coefficient (Wildman–Crippen LogP) is 4.53. The molecule has 4 rings (SSSR count). The van der Waals surface area contributed by atoms with E-state index in [1.54, 1.807) is 6.20 Å². The van der Waals surface area contributed by atoms with Crippen molar-refractivity contribution >= 4 is 5.91 Å². The maximum atomic E-state index is 14.3. The highest BCUT2D eigenvalue weighted by Crippen LogP contribution is 2.32. The molecule has 1 fully saturated rings. The summed E-state index contributed by atoms with van der Waals surface area (Å²) >= 11 is 0. The van der Waals surface area contributed by atoms with Crippen molar-refractivity contribution in [2.24, 2.45) is 5.92 Å². The standard InChI is InChI=1S/C21H25F2N3O/c1-14-12-26-20(13-25(14)21(27)9-15-5-3-2-4-6-15)18(11-24-26)17-8-7-16(22)10-19(17)23/h7-8,10-11,14-15H,2-6,9,12-13H2,1H3. The number of carbonyl (C=O) groups excluding carboxylic acids is 1. The number of carbonyl (C=O) groups is 1. The second kappa shape index (κ2) is 7.41. The minimum atomic E-state index is -0.607. The van der Waals surface area contributed by atoms with E-state index >= 15 is 0 Å². The zero-order valence-electron chi connectivity index (χ0n) is 15.6. The van der Waals surface area contributed by atoms with Gasteiger partial charge in [0.05, 0.1) is 25.0 Å². The molecule has 0 radical (unpaired) electrons. The second-order valence-corrected chi connectivity index (χ2v) is 7.89. The maximum absolute atomic E-state index is 14.3. The molecule has 4 nitrogen and oxygen atoms in total. The van der Waals surface area contributed by atoms with Crippen LogP contribution in [0.3, 0.4) is 0 Å². The summed E-state index contributed by atoms with van der Waals surface area (Å²) in [6.07, 6.45) is 8.20. The molecule has 0 N–H and O–H groups in total. The molecule has 1 aromatic heterocycles. The molecule has 27 heavy (non-hydrogen) atoms. The lowest BCUT2D eigenvalue weighted by Gasteiger charge is -2.36. The van der Waals surface area contributed by atoms with Crippen LogP contribution in [0.2, 0.25) is 0 Å². The molecule has 1 aromatic carbocycles. The summed E-state index contributed by atoms with van der Waals surface area (Å²) in [4.78, 5) is 14.8. The molecule has 2 aliphatic rings. The fraction of sp³-hybridized carbons (Fsp3) is 0.524. The molecule has 0 saturated heterocycles. The van der Waals surface area contributed by atoms with Gasteiger partial charge in [0.25, 0.3) is 0 Å². The highest BCUT2D eigenvalue weighted by Gasteiger charge is 2.31. The third-order valence-corrected chi connectivity index (χ3v) is 5.97. The van der Waals surface area contributed by atoms with Gasteiger partial charge in [-0.15, -0.1) is 0 Å². The van der Waals surface area contributed by atoms with Gasteiger partial charge in [0.1, 0.15) is 11.6 Å². The van der Waals surface area contributed by atoms with Gasteiger partial charge in [0.2, 0.25) is 5.91 Å². The summed E-state index contributed by atoms with van der Waals surface area (Å²) in [6, 6.07) is 3.63. The summed E-state index contributed by atoms with van der Waals surface area (Å²) < 4.78 is 29.4. The largest absolute Gasteiger partial charge is 0.332 e. The molecule has 0 bridgehead atoms. The molecule has 1 atom stereocenters. The van der Waals surface area contributed by atoms with E-state index in [1.807, 2.05) is 16.5 Å². The van der Waals surface area contributed by atoms with E-state index in [-0.39, 0.29) is 11.9 Å². The van der Waals surface area contributed by atoms with Gasteiger partial charge in [-0.3, -0.25) is 9.48 Å². The van der Waals surface area contributed by atoms with E-state index in [0.29, 0.717) is 36.6 Å². The average Bonchev–Trinajstić information content (AvgIpc) is 3.04. The van der Waals surface area contributed by atoms with Crippen LogP contribution in [-0.2, 0) is 17.9 Å². The Morgan fingerprint density at radius 1 is 1.19 bits per heavy atom. The average molecular weight is 373 g/mol. The Bertz CT molecular complexity index is 842. The van der Waals surface area contributed by atoms with E-state index < -0.39 is 11.6 Å². The molecule has 6 heteroatoms. The lowest BCUT2D eigenvalue weighted by Crippen LogP contribution is -2.45. The molecule has 1 aliphatic heterocycles. The topological polar surface area (TPSA) is 38.1 Å². The molecule has 2 aromatic rings. The van der Waals surface area contributed by atoms with Gasteiger partial charge >= 0.3 is 0 Å². The number of benzene rings is 1. The summed E-state index contributed by atoms with van der Waals surface area (Å²) in [5, 5.41) is 4.37. The molecule has 1 unspecified atom stereocenters. The molecular formula is C21H25F2N3O. The third kappa shape index (κ3) is 3.62. The fourth-order valence-corrected chi connectivity index (χ4v) is 4.42. The number of hydrogen-bond donors (Lipinski definition) is 0. The number of nitrogens with zero attached hydrogens (tertiary/aromatic N) is 3. The Balaban J connectivity index is 1.57. The number of aromatic nitrogens is 2. The zero-order valence-corrected chi connectivity index (χ0v) is 15.6. The number of halogens is 2. The minimum Gasteiger partial charge on any atom is -0.332 e. The van der Waals surface area contributed by atoms with Crippen molar-refractivity contribution in [3.8, 4) is 11.1 Å². The van der Waals surface area contributed by atoms with Crippen molar-refractivity contribution < 1.29 is 13.6 Å². The van der Waals surface area contributed by atoms with E-state index in [2.05, 4.69) is 5.10 Å². The molecular weight excluding hydrogens is 348 g/mol. The van der Waals surface area contributed by atoms with Gasteiger partial charge in [0, 0.05) is 29.7 Å². The van der Waals surface area contributed by atoms with Crippen molar-refractivity contribution in [2.75, 3.05) is 0 Å². The first-order valence-electron chi connectivity index (χ1n) is 9.82. The lowest BCUT2D eigenvalue weighted by molar-refractivity contribution is -0.136. The molecule has 1 amide bonds. The first-order chi connectivity index (χ1) is 13.0. The number of rotatable bonds is 3. The van der Waals surface area contributed by atoms with Crippen molar-refractivity contribution in [2.45, 2.75) is 64.6 Å². The normalized spacial score (nSPS) is 20.6. The molecule has 1 saturated carbocycles. The van der Waals surface area contributed by atoms with Crippen LogP contribution in [0.4, 0.5) is 8.78 Å². The second-order valence-electron chi connectivity index (χ2n) is 7.89. The number of hydrogen-bond acceptors (Lipinski definition) is 2. The molecule has 1 aliphatic carbocycles. The monoisotopic (exact) mass is 373 g/mol. The highest BCUT2D eigenvalue weighted by molar-refractivity contribution is 5.77. The van der Waals surface area contributed by atoms with Gasteiger partial charge in [-0.1, -0.05) is 19.3 Å². The SMILES string of the molecule is CC1Cn2ncc(-c3ccc(F)cc3F)c2CN1C(=O)CC1CCCCC1. The summed E-state index contributed by atoms with van der Waals surface area (Å²) in [7, 11) is 0. The van der Waals surface area contributed by atoms with Crippen molar-refractivity contribution in [1.82, 2.24) is 14.7 Å². The van der Waals surface area contributed by atoms with Gasteiger partial charge in [-0.2, -0.15) is 5.10 Å². The first-order valence-corrected chi connectivity index (χ1v) is 9.82. The quantitative estimate of drug-likeness (QED) is 0.793. The van der Waals surface area contributed by atoms with Crippen molar-refractivity contribution in [3.63, 3.8) is 0 Å². The number of fused-ring (bicyclic) bond motifs is 1. The zero-order chi connectivity index (χ0) is 19.0. The Kier molecular flexibility index (Phi) is 4.98. The highest BCUT2D eigenvalue weighted by atomic mass is 19.1. The van der Waals surface area contributed by atoms with Gasteiger partial charge < -0.3 is 4.90 Å².